The fourth-order valence-corrected chi connectivity index (χ4v) is 1.11. The standard InChI is InChI=1S/C10H17NO5/c1-7(8(2)10(15)16)9(14)11(3-5-12)4-6-13/h12-13H,3-6H2,1-2H3,(H,15,16). The van der Waals surface area contributed by atoms with Crippen LogP contribution >= 0.6 is 0 Å². The van der Waals surface area contributed by atoms with Crippen LogP contribution in [0.25, 0.3) is 0 Å². The number of hydrogen-bond donors (Lipinski definition) is 3. The summed E-state index contributed by atoms with van der Waals surface area (Å²) in [6.45, 7) is 2.43. The quantitative estimate of drug-likeness (QED) is 0.521. The molecule has 0 rings (SSSR count). The highest BCUT2D eigenvalue weighted by Crippen LogP contribution is 2.07. The van der Waals surface area contributed by atoms with Crippen molar-refractivity contribution in [2.75, 3.05) is 26.3 Å². The molecule has 6 heteroatoms. The Morgan fingerprint density at radius 2 is 1.44 bits per heavy atom. The molecule has 0 aliphatic carbocycles. The van der Waals surface area contributed by atoms with Gasteiger partial charge in [-0.3, -0.25) is 4.79 Å². The molecule has 0 fully saturated rings. The first kappa shape index (κ1) is 14.6. The third kappa shape index (κ3) is 4.00. The summed E-state index contributed by atoms with van der Waals surface area (Å²) in [6, 6.07) is 0. The SMILES string of the molecule is CC(C(=O)O)=C(C)C(=O)N(CCO)CCO. The number of aliphatic hydroxyl groups is 2. The van der Waals surface area contributed by atoms with Crippen molar-refractivity contribution < 1.29 is 24.9 Å². The van der Waals surface area contributed by atoms with Crippen LogP contribution in [0.15, 0.2) is 11.1 Å². The van der Waals surface area contributed by atoms with Gasteiger partial charge in [0.15, 0.2) is 0 Å². The van der Waals surface area contributed by atoms with E-state index in [1.807, 2.05) is 0 Å². The minimum absolute atomic E-state index is 0.0362. The second-order valence-corrected chi connectivity index (χ2v) is 3.29. The van der Waals surface area contributed by atoms with E-state index in [1.54, 1.807) is 0 Å². The van der Waals surface area contributed by atoms with Crippen molar-refractivity contribution >= 4 is 11.9 Å². The first-order chi connectivity index (χ1) is 7.45. The van der Waals surface area contributed by atoms with Crippen molar-refractivity contribution in [3.05, 3.63) is 11.1 Å². The van der Waals surface area contributed by atoms with E-state index in [0.717, 1.165) is 0 Å². The Hall–Kier alpha value is -1.40. The van der Waals surface area contributed by atoms with E-state index in [2.05, 4.69) is 0 Å². The highest BCUT2D eigenvalue weighted by atomic mass is 16.4. The molecule has 0 saturated heterocycles. The topological polar surface area (TPSA) is 98.1 Å². The maximum Gasteiger partial charge on any atom is 0.331 e. The number of rotatable bonds is 6. The molecule has 92 valence electrons. The van der Waals surface area contributed by atoms with Gasteiger partial charge in [-0.15, -0.1) is 0 Å². The van der Waals surface area contributed by atoms with E-state index in [-0.39, 0.29) is 37.4 Å². The van der Waals surface area contributed by atoms with Gasteiger partial charge in [0, 0.05) is 24.2 Å². The number of hydrogen-bond acceptors (Lipinski definition) is 4. The Morgan fingerprint density at radius 3 is 1.75 bits per heavy atom. The predicted molar refractivity (Wildman–Crippen MR) is 56.8 cm³/mol. The maximum absolute atomic E-state index is 11.8. The number of nitrogens with zero attached hydrogens (tertiary/aromatic N) is 1. The average Bonchev–Trinajstić information content (AvgIpc) is 2.25. The number of carboxylic acid groups (broad SMARTS) is 1. The summed E-state index contributed by atoms with van der Waals surface area (Å²) in [5, 5.41) is 26.2. The number of carboxylic acids is 1. The largest absolute Gasteiger partial charge is 0.478 e. The minimum atomic E-state index is -1.15. The van der Waals surface area contributed by atoms with Gasteiger partial charge in [0.05, 0.1) is 13.2 Å². The maximum atomic E-state index is 11.8. The normalized spacial score (nSPS) is 12.0. The average molecular weight is 231 g/mol. The number of aliphatic hydroxyl groups excluding tert-OH is 2. The first-order valence-electron chi connectivity index (χ1n) is 4.87. The van der Waals surface area contributed by atoms with Crippen molar-refractivity contribution in [3.8, 4) is 0 Å². The second-order valence-electron chi connectivity index (χ2n) is 3.29. The van der Waals surface area contributed by atoms with Crippen molar-refractivity contribution in [1.82, 2.24) is 4.90 Å². The van der Waals surface area contributed by atoms with Crippen LogP contribution in [0.2, 0.25) is 0 Å². The molecule has 0 saturated carbocycles. The molecule has 0 aliphatic rings. The van der Waals surface area contributed by atoms with Gasteiger partial charge in [0.2, 0.25) is 5.91 Å². The van der Waals surface area contributed by atoms with Gasteiger partial charge < -0.3 is 20.2 Å². The fourth-order valence-electron chi connectivity index (χ4n) is 1.11. The van der Waals surface area contributed by atoms with Crippen LogP contribution in [0.5, 0.6) is 0 Å². The summed E-state index contributed by atoms with van der Waals surface area (Å²) in [6.07, 6.45) is 0. The van der Waals surface area contributed by atoms with E-state index in [0.29, 0.717) is 0 Å². The lowest BCUT2D eigenvalue weighted by molar-refractivity contribution is -0.134. The third-order valence-electron chi connectivity index (χ3n) is 2.23. The zero-order chi connectivity index (χ0) is 12.7. The summed E-state index contributed by atoms with van der Waals surface area (Å²) >= 11 is 0. The molecular formula is C10H17NO5. The predicted octanol–water partition coefficient (Wildman–Crippen LogP) is -0.779. The molecule has 0 radical (unpaired) electrons. The van der Waals surface area contributed by atoms with Crippen molar-refractivity contribution in [2.45, 2.75) is 13.8 Å². The molecule has 0 aliphatic heterocycles. The number of aliphatic carboxylic acids is 1. The summed E-state index contributed by atoms with van der Waals surface area (Å²) in [5.41, 5.74) is 0.0697. The Morgan fingerprint density at radius 1 is 1.00 bits per heavy atom. The van der Waals surface area contributed by atoms with Crippen LogP contribution in [0.4, 0.5) is 0 Å². The molecule has 0 spiro atoms. The summed E-state index contributed by atoms with van der Waals surface area (Å²) in [4.78, 5) is 23.6. The van der Waals surface area contributed by atoms with Crippen molar-refractivity contribution in [3.63, 3.8) is 0 Å². The van der Waals surface area contributed by atoms with Gasteiger partial charge in [-0.2, -0.15) is 0 Å². The molecule has 0 unspecified atom stereocenters. The van der Waals surface area contributed by atoms with E-state index in [1.165, 1.54) is 18.7 Å². The van der Waals surface area contributed by atoms with E-state index in [9.17, 15) is 9.59 Å². The van der Waals surface area contributed by atoms with Gasteiger partial charge in [-0.1, -0.05) is 0 Å². The van der Waals surface area contributed by atoms with Gasteiger partial charge in [0.1, 0.15) is 0 Å². The molecule has 0 heterocycles. The molecule has 0 bridgehead atoms. The zero-order valence-electron chi connectivity index (χ0n) is 9.43. The van der Waals surface area contributed by atoms with Crippen LogP contribution in [-0.2, 0) is 9.59 Å². The number of carbonyl (C=O) groups is 2. The smallest absolute Gasteiger partial charge is 0.331 e. The minimum Gasteiger partial charge on any atom is -0.478 e. The van der Waals surface area contributed by atoms with E-state index >= 15 is 0 Å². The highest BCUT2D eigenvalue weighted by molar-refractivity contribution is 6.01. The zero-order valence-corrected chi connectivity index (χ0v) is 9.43. The second kappa shape index (κ2) is 6.97. The monoisotopic (exact) mass is 231 g/mol. The van der Waals surface area contributed by atoms with Crippen molar-refractivity contribution in [1.29, 1.82) is 0 Å². The Bertz CT molecular complexity index is 292. The lowest BCUT2D eigenvalue weighted by Gasteiger charge is -2.21. The van der Waals surface area contributed by atoms with Gasteiger partial charge in [0.25, 0.3) is 0 Å². The molecule has 1 amide bonds. The van der Waals surface area contributed by atoms with Crippen LogP contribution in [-0.4, -0.2) is 58.4 Å². The van der Waals surface area contributed by atoms with Crippen LogP contribution < -0.4 is 0 Å². The number of carbonyl (C=O) groups excluding carboxylic acids is 1. The van der Waals surface area contributed by atoms with Crippen LogP contribution in [0.1, 0.15) is 13.8 Å². The fraction of sp³-hybridized carbons (Fsp3) is 0.600. The molecule has 0 aromatic carbocycles. The molecule has 0 aromatic rings. The molecule has 6 nitrogen and oxygen atoms in total. The summed E-state index contributed by atoms with van der Waals surface area (Å²) < 4.78 is 0. The number of amides is 1. The van der Waals surface area contributed by atoms with Crippen LogP contribution in [0.3, 0.4) is 0 Å². The van der Waals surface area contributed by atoms with Gasteiger partial charge >= 0.3 is 5.97 Å². The summed E-state index contributed by atoms with van der Waals surface area (Å²) in [7, 11) is 0. The molecule has 0 aromatic heterocycles. The van der Waals surface area contributed by atoms with E-state index in [4.69, 9.17) is 15.3 Å². The lowest BCUT2D eigenvalue weighted by atomic mass is 10.1. The van der Waals surface area contributed by atoms with Gasteiger partial charge in [-0.05, 0) is 13.8 Å². The molecule has 16 heavy (non-hydrogen) atoms. The Kier molecular flexibility index (Phi) is 6.36. The Balaban J connectivity index is 4.86. The van der Waals surface area contributed by atoms with E-state index < -0.39 is 11.9 Å². The molecular weight excluding hydrogens is 214 g/mol. The first-order valence-corrected chi connectivity index (χ1v) is 4.87. The Labute approximate surface area is 93.8 Å². The van der Waals surface area contributed by atoms with Crippen molar-refractivity contribution in [2.24, 2.45) is 0 Å². The third-order valence-corrected chi connectivity index (χ3v) is 2.23. The van der Waals surface area contributed by atoms with Crippen LogP contribution in [0, 0.1) is 0 Å². The summed E-state index contributed by atoms with van der Waals surface area (Å²) in [5.74, 6) is -1.64. The lowest BCUT2D eigenvalue weighted by Crippen LogP contribution is -2.36. The van der Waals surface area contributed by atoms with Gasteiger partial charge in [-0.25, -0.2) is 4.79 Å². The molecule has 3 N–H and O–H groups in total. The highest BCUT2D eigenvalue weighted by Gasteiger charge is 2.18. The molecule has 0 atom stereocenters.